The zero-order valence-corrected chi connectivity index (χ0v) is 19.3. The highest BCUT2D eigenvalue weighted by Crippen LogP contribution is 2.70. The van der Waals surface area contributed by atoms with Crippen LogP contribution in [0, 0.1) is 23.2 Å². The molecule has 1 N–H and O–H groups in total. The molecule has 2 aromatic rings. The molecule has 1 aliphatic heterocycles. The second-order valence-corrected chi connectivity index (χ2v) is 9.75. The molecule has 4 heteroatoms. The number of likely N-dealkylation sites (N-methyl/N-ethyl adjacent to an activating group) is 1. The van der Waals surface area contributed by atoms with Gasteiger partial charge < -0.3 is 26.6 Å². The number of aliphatic hydroxyl groups excluding tert-OH is 1. The first-order valence-electron chi connectivity index (χ1n) is 11.1. The van der Waals surface area contributed by atoms with Crippen LogP contribution < -0.4 is 17.0 Å². The van der Waals surface area contributed by atoms with E-state index in [1.54, 1.807) is 0 Å². The molecule has 1 spiro atoms. The van der Waals surface area contributed by atoms with Crippen molar-refractivity contribution in [2.75, 3.05) is 20.2 Å². The van der Waals surface area contributed by atoms with E-state index in [1.807, 2.05) is 12.1 Å². The molecule has 158 valence electrons. The Bertz CT molecular complexity index is 888. The molecule has 1 saturated heterocycles. The van der Waals surface area contributed by atoms with E-state index >= 15 is 0 Å². The van der Waals surface area contributed by atoms with E-state index < -0.39 is 5.41 Å². The minimum atomic E-state index is -0.591. The van der Waals surface area contributed by atoms with Gasteiger partial charge in [0.1, 0.15) is 18.0 Å². The van der Waals surface area contributed by atoms with E-state index in [2.05, 4.69) is 61.6 Å². The summed E-state index contributed by atoms with van der Waals surface area (Å²) in [6.07, 6.45) is 5.96. The molecule has 0 aromatic heterocycles. The van der Waals surface area contributed by atoms with Gasteiger partial charge in [-0.1, -0.05) is 60.7 Å². The van der Waals surface area contributed by atoms with Gasteiger partial charge in [-0.05, 0) is 36.3 Å². The Morgan fingerprint density at radius 3 is 2.13 bits per heavy atom. The van der Waals surface area contributed by atoms with Gasteiger partial charge in [-0.15, -0.1) is 0 Å². The van der Waals surface area contributed by atoms with Crippen LogP contribution in [0.5, 0.6) is 0 Å². The maximum absolute atomic E-state index is 10.5. The molecule has 5 atom stereocenters. The highest BCUT2D eigenvalue weighted by Gasteiger charge is 2.83. The van der Waals surface area contributed by atoms with Gasteiger partial charge in [0, 0.05) is 18.8 Å². The first kappa shape index (κ1) is 21.6. The van der Waals surface area contributed by atoms with E-state index in [9.17, 15) is 10.4 Å². The summed E-state index contributed by atoms with van der Waals surface area (Å²) in [7, 11) is 2.36. The molecule has 30 heavy (non-hydrogen) atoms. The number of likely N-dealkylation sites (tertiary alicyclic amines) is 1. The topological polar surface area (TPSA) is 44.0 Å². The second-order valence-electron chi connectivity index (χ2n) is 9.75. The van der Waals surface area contributed by atoms with Gasteiger partial charge in [-0.3, -0.25) is 0 Å². The van der Waals surface area contributed by atoms with Gasteiger partial charge in [0.2, 0.25) is 0 Å². The van der Waals surface area contributed by atoms with Crippen molar-refractivity contribution < 1.29 is 26.6 Å². The molecule has 0 radical (unpaired) electrons. The van der Waals surface area contributed by atoms with Crippen molar-refractivity contribution in [2.45, 2.75) is 49.1 Å². The van der Waals surface area contributed by atoms with Crippen molar-refractivity contribution in [3.8, 4) is 6.07 Å². The van der Waals surface area contributed by atoms with E-state index in [0.717, 1.165) is 34.5 Å². The zero-order valence-electron chi connectivity index (χ0n) is 17.7. The van der Waals surface area contributed by atoms with Gasteiger partial charge >= 0.3 is 0 Å². The molecule has 2 unspecified atom stereocenters. The van der Waals surface area contributed by atoms with Crippen LogP contribution in [0.15, 0.2) is 60.7 Å². The van der Waals surface area contributed by atoms with Crippen molar-refractivity contribution >= 4 is 0 Å². The molecule has 2 aromatic carbocycles. The Morgan fingerprint density at radius 2 is 1.67 bits per heavy atom. The minimum Gasteiger partial charge on any atom is -1.00 e. The molecule has 5 rings (SSSR count). The van der Waals surface area contributed by atoms with E-state index in [1.165, 1.54) is 25.7 Å². The Hall–Kier alpha value is -1.67. The van der Waals surface area contributed by atoms with Crippen LogP contribution in [0.25, 0.3) is 0 Å². The lowest BCUT2D eigenvalue weighted by atomic mass is 9.58. The highest BCUT2D eigenvalue weighted by molar-refractivity contribution is 5.46. The minimum absolute atomic E-state index is 0. The molecular formula is C26H31BrN2O. The van der Waals surface area contributed by atoms with Gasteiger partial charge in [-0.2, -0.15) is 5.26 Å². The van der Waals surface area contributed by atoms with E-state index in [0.29, 0.717) is 17.5 Å². The van der Waals surface area contributed by atoms with Gasteiger partial charge in [0.15, 0.2) is 5.54 Å². The summed E-state index contributed by atoms with van der Waals surface area (Å²) >= 11 is 0. The van der Waals surface area contributed by atoms with Crippen molar-refractivity contribution in [1.82, 2.24) is 0 Å². The van der Waals surface area contributed by atoms with E-state index in [-0.39, 0.29) is 23.6 Å². The van der Waals surface area contributed by atoms with Crippen LogP contribution in [0.1, 0.15) is 43.2 Å². The number of hydrogen-bond donors (Lipinski definition) is 1. The van der Waals surface area contributed by atoms with Gasteiger partial charge in [0.25, 0.3) is 0 Å². The Morgan fingerprint density at radius 1 is 1.07 bits per heavy atom. The fraction of sp³-hybridized carbons (Fsp3) is 0.500. The lowest BCUT2D eigenvalue weighted by molar-refractivity contribution is -0.828. The fourth-order valence-electron chi connectivity index (χ4n) is 7.31. The monoisotopic (exact) mass is 466 g/mol. The standard InChI is InChI=1S/C26H31N2O.BrH/c1-28(14-15-29)24-17-20(16-23-12-13-26(23,24)28)18-25(19-27,21-8-4-2-5-9-21)22-10-6-3-7-11-22;/h2-11,20,23-24,29H,12-18H2,1H3;1H/q+1;/p-1/t20-,23+,24+,26?,28?;/m1./s1. The molecule has 0 amide bonds. The lowest BCUT2D eigenvalue weighted by Gasteiger charge is -2.42. The normalized spacial score (nSPS) is 33.8. The predicted octanol–water partition coefficient (Wildman–Crippen LogP) is 1.27. The third-order valence-electron chi connectivity index (χ3n) is 8.81. The van der Waals surface area contributed by atoms with Crippen LogP contribution in [-0.2, 0) is 5.41 Å². The van der Waals surface area contributed by atoms with Gasteiger partial charge in [0.05, 0.1) is 19.7 Å². The maximum atomic E-state index is 10.5. The third-order valence-corrected chi connectivity index (χ3v) is 8.81. The summed E-state index contributed by atoms with van der Waals surface area (Å²) in [4.78, 5) is 0. The van der Waals surface area contributed by atoms with Crippen molar-refractivity contribution in [2.24, 2.45) is 11.8 Å². The maximum Gasteiger partial charge on any atom is 0.155 e. The molecule has 3 fully saturated rings. The molecule has 1 heterocycles. The largest absolute Gasteiger partial charge is 1.00 e. The molecule has 3 nitrogen and oxygen atoms in total. The smallest absolute Gasteiger partial charge is 0.155 e. The predicted molar refractivity (Wildman–Crippen MR) is 114 cm³/mol. The number of nitrogens with zero attached hydrogens (tertiary/aromatic N) is 2. The number of benzene rings is 2. The number of halogens is 1. The van der Waals surface area contributed by atoms with Crippen molar-refractivity contribution in [3.05, 3.63) is 71.8 Å². The number of aliphatic hydroxyl groups is 1. The quantitative estimate of drug-likeness (QED) is 0.514. The summed E-state index contributed by atoms with van der Waals surface area (Å²) in [5, 5.41) is 20.2. The SMILES string of the molecule is C[N+]1(CCO)[C@H]2C[C@H](CC(C#N)(c3ccccc3)c3ccccc3)C[C@@H]3CCC321.[Br-]. The third kappa shape index (κ3) is 2.83. The van der Waals surface area contributed by atoms with Crippen LogP contribution in [0.4, 0.5) is 0 Å². The summed E-state index contributed by atoms with van der Waals surface area (Å²) in [6.45, 7) is 1.16. The van der Waals surface area contributed by atoms with Crippen LogP contribution in [0.3, 0.4) is 0 Å². The number of rotatable bonds is 6. The van der Waals surface area contributed by atoms with E-state index in [4.69, 9.17) is 0 Å². The Balaban J connectivity index is 0.00000218. The van der Waals surface area contributed by atoms with Crippen molar-refractivity contribution in [1.29, 1.82) is 5.26 Å². The number of hydrogen-bond acceptors (Lipinski definition) is 2. The summed E-state index contributed by atoms with van der Waals surface area (Å²) in [6, 6.07) is 24.2. The molecule has 3 aliphatic rings. The van der Waals surface area contributed by atoms with Crippen LogP contribution in [0.2, 0.25) is 0 Å². The number of nitriles is 1. The first-order chi connectivity index (χ1) is 14.1. The Labute approximate surface area is 190 Å². The summed E-state index contributed by atoms with van der Waals surface area (Å²) in [5.41, 5.74) is 2.09. The van der Waals surface area contributed by atoms with Gasteiger partial charge in [-0.25, -0.2) is 0 Å². The Kier molecular flexibility index (Phi) is 5.60. The molecular weight excluding hydrogens is 436 g/mol. The highest BCUT2D eigenvalue weighted by atomic mass is 79.9. The van der Waals surface area contributed by atoms with Crippen LogP contribution in [-0.4, -0.2) is 41.4 Å². The number of quaternary nitrogens is 1. The molecule has 0 bridgehead atoms. The lowest BCUT2D eigenvalue weighted by Crippen LogP contribution is -3.00. The van der Waals surface area contributed by atoms with Crippen LogP contribution >= 0.6 is 0 Å². The molecule has 2 aliphatic carbocycles. The average molecular weight is 467 g/mol. The second kappa shape index (κ2) is 7.79. The fourth-order valence-corrected chi connectivity index (χ4v) is 7.31. The first-order valence-corrected chi connectivity index (χ1v) is 11.1. The molecule has 2 saturated carbocycles. The zero-order chi connectivity index (χ0) is 20.1. The van der Waals surface area contributed by atoms with Crippen molar-refractivity contribution in [3.63, 3.8) is 0 Å². The summed E-state index contributed by atoms with van der Waals surface area (Å²) < 4.78 is 1.07. The average Bonchev–Trinajstić information content (AvgIpc) is 3.30. The summed E-state index contributed by atoms with van der Waals surface area (Å²) in [5.74, 6) is 1.32.